The minimum Gasteiger partial charge on any atom is -0.480 e. The molecular weight excluding hydrogens is 693 g/mol. The predicted octanol–water partition coefficient (Wildman–Crippen LogP) is 11.3. The molecule has 0 heterocycles. The monoisotopic (exact) mass is 772 g/mol. The lowest BCUT2D eigenvalue weighted by molar-refractivity contribution is -0.154. The molecule has 310 valence electrons. The van der Waals surface area contributed by atoms with Gasteiger partial charge >= 0.3 is 19.8 Å². The average Bonchev–Trinajstić information content (AvgIpc) is 3.13. The Morgan fingerprint density at radius 3 is 1.58 bits per heavy atom. The lowest BCUT2D eigenvalue weighted by Crippen LogP contribution is -2.34. The molecule has 0 saturated carbocycles. The molecule has 3 unspecified atom stereocenters. The van der Waals surface area contributed by atoms with Crippen LogP contribution in [0.2, 0.25) is 0 Å². The van der Waals surface area contributed by atoms with Gasteiger partial charge in [-0.05, 0) is 70.6 Å². The second-order valence-electron chi connectivity index (χ2n) is 14.1. The first kappa shape index (κ1) is 51.2. The summed E-state index contributed by atoms with van der Waals surface area (Å²) < 4.78 is 33.3. The van der Waals surface area contributed by atoms with Crippen LogP contribution in [0.25, 0.3) is 0 Å². The van der Waals surface area contributed by atoms with Gasteiger partial charge in [-0.2, -0.15) is 0 Å². The topological polar surface area (TPSA) is 155 Å². The summed E-state index contributed by atoms with van der Waals surface area (Å²) in [5.41, 5.74) is 5.35. The first-order valence-corrected chi connectivity index (χ1v) is 22.5. The van der Waals surface area contributed by atoms with Gasteiger partial charge in [0, 0.05) is 13.0 Å². The van der Waals surface area contributed by atoms with Crippen molar-refractivity contribution in [3.63, 3.8) is 0 Å². The molecule has 0 aliphatic rings. The summed E-state index contributed by atoms with van der Waals surface area (Å²) in [5, 5.41) is 8.88. The zero-order valence-corrected chi connectivity index (χ0v) is 34.5. The quantitative estimate of drug-likeness (QED) is 0.0237. The summed E-state index contributed by atoms with van der Waals surface area (Å²) in [6.07, 6.45) is 41.9. The highest BCUT2D eigenvalue weighted by molar-refractivity contribution is 7.47. The molecule has 0 radical (unpaired) electrons. The fraction of sp³-hybridized carbons (Fsp3) is 0.810. The Hall–Kier alpha value is -1.81. The van der Waals surface area contributed by atoms with E-state index >= 15 is 0 Å². The fourth-order valence-electron chi connectivity index (χ4n) is 5.57. The van der Waals surface area contributed by atoms with Gasteiger partial charge in [0.2, 0.25) is 0 Å². The maximum Gasteiger partial charge on any atom is 0.472 e. The zero-order valence-electron chi connectivity index (χ0n) is 33.6. The molecule has 0 bridgehead atoms. The van der Waals surface area contributed by atoms with Gasteiger partial charge in [0.25, 0.3) is 0 Å². The maximum atomic E-state index is 12.6. The molecule has 0 saturated heterocycles. The third-order valence-electron chi connectivity index (χ3n) is 8.89. The van der Waals surface area contributed by atoms with Crippen molar-refractivity contribution in [1.29, 1.82) is 0 Å². The van der Waals surface area contributed by atoms with Crippen molar-refractivity contribution in [3.8, 4) is 0 Å². The normalized spacial score (nSPS) is 14.3. The Morgan fingerprint density at radius 2 is 1.04 bits per heavy atom. The lowest BCUT2D eigenvalue weighted by atomic mass is 10.1. The summed E-state index contributed by atoms with van der Waals surface area (Å²) in [6, 6.07) is -1.47. The number of hydrogen-bond acceptors (Lipinski definition) is 8. The van der Waals surface area contributed by atoms with Crippen LogP contribution in [0.15, 0.2) is 36.5 Å². The molecule has 4 N–H and O–H groups in total. The Labute approximate surface area is 323 Å². The largest absolute Gasteiger partial charge is 0.480 e. The van der Waals surface area contributed by atoms with Crippen molar-refractivity contribution < 1.29 is 42.7 Å². The van der Waals surface area contributed by atoms with Crippen LogP contribution in [0.3, 0.4) is 0 Å². The number of carboxylic acids is 1. The number of ether oxygens (including phenoxy) is 2. The maximum absolute atomic E-state index is 12.6. The van der Waals surface area contributed by atoms with Gasteiger partial charge in [-0.15, -0.1) is 0 Å². The van der Waals surface area contributed by atoms with E-state index in [1.165, 1.54) is 96.3 Å². The minimum atomic E-state index is -4.62. The highest BCUT2D eigenvalue weighted by Crippen LogP contribution is 2.43. The summed E-state index contributed by atoms with van der Waals surface area (Å²) >= 11 is 0. The molecule has 3 atom stereocenters. The number of hydrogen-bond donors (Lipinski definition) is 3. The average molecular weight is 772 g/mol. The Bertz CT molecular complexity index is 988. The number of phosphoric ester groups is 1. The van der Waals surface area contributed by atoms with E-state index in [-0.39, 0.29) is 13.0 Å². The Kier molecular flexibility index (Phi) is 37.2. The summed E-state index contributed by atoms with van der Waals surface area (Å²) in [6.45, 7) is 3.82. The van der Waals surface area contributed by atoms with Crippen molar-refractivity contribution >= 4 is 19.8 Å². The molecule has 0 aliphatic heterocycles. The van der Waals surface area contributed by atoms with E-state index in [2.05, 4.69) is 50.3 Å². The van der Waals surface area contributed by atoms with Crippen LogP contribution in [-0.4, -0.2) is 60.5 Å². The molecule has 11 heteroatoms. The van der Waals surface area contributed by atoms with Gasteiger partial charge in [0.15, 0.2) is 0 Å². The predicted molar refractivity (Wildman–Crippen MR) is 217 cm³/mol. The van der Waals surface area contributed by atoms with Crippen molar-refractivity contribution in [2.24, 2.45) is 5.73 Å². The van der Waals surface area contributed by atoms with Crippen LogP contribution in [0.1, 0.15) is 181 Å². The van der Waals surface area contributed by atoms with Gasteiger partial charge in [-0.3, -0.25) is 18.6 Å². The number of phosphoric acid groups is 1. The van der Waals surface area contributed by atoms with Crippen molar-refractivity contribution in [2.75, 3.05) is 26.4 Å². The summed E-state index contributed by atoms with van der Waals surface area (Å²) in [4.78, 5) is 33.5. The number of aliphatic carboxylic acids is 1. The number of carboxylic acid groups (broad SMARTS) is 1. The van der Waals surface area contributed by atoms with E-state index < -0.39 is 45.1 Å². The molecule has 0 aromatic carbocycles. The van der Waals surface area contributed by atoms with Crippen LogP contribution >= 0.6 is 7.82 Å². The number of carbonyl (C=O) groups excluding carboxylic acids is 1. The smallest absolute Gasteiger partial charge is 0.472 e. The van der Waals surface area contributed by atoms with E-state index in [1.807, 2.05) is 0 Å². The zero-order chi connectivity index (χ0) is 39.1. The highest BCUT2D eigenvalue weighted by atomic mass is 31.2. The van der Waals surface area contributed by atoms with E-state index in [9.17, 15) is 19.0 Å². The number of carbonyl (C=O) groups is 2. The third kappa shape index (κ3) is 38.3. The van der Waals surface area contributed by atoms with Crippen LogP contribution < -0.4 is 5.73 Å². The molecule has 0 amide bonds. The fourth-order valence-corrected chi connectivity index (χ4v) is 6.35. The van der Waals surface area contributed by atoms with Crippen LogP contribution in [0.4, 0.5) is 0 Å². The van der Waals surface area contributed by atoms with Gasteiger partial charge in [-0.25, -0.2) is 4.57 Å². The van der Waals surface area contributed by atoms with E-state index in [0.29, 0.717) is 13.0 Å². The first-order valence-electron chi connectivity index (χ1n) is 21.0. The molecule has 10 nitrogen and oxygen atoms in total. The standard InChI is InChI=1S/C42H78NO9P/c1-3-5-7-9-11-13-15-17-19-20-21-22-24-26-28-30-32-34-41(44)52-39(37-50-53(47,48)51-38-40(43)42(45)46)36-49-35-33-31-29-27-25-23-18-16-14-12-10-8-6-4-2/h11,13-14,16-17,19,39-40H,3-10,12,15,18,20-38,43H2,1-2H3,(H,45,46)(H,47,48)/b13-11-,16-14-,19-17-. The molecule has 0 aromatic rings. The second-order valence-corrected chi connectivity index (χ2v) is 15.6. The van der Waals surface area contributed by atoms with Crippen molar-refractivity contribution in [3.05, 3.63) is 36.5 Å². The van der Waals surface area contributed by atoms with Crippen LogP contribution in [0.5, 0.6) is 0 Å². The molecular formula is C42H78NO9P. The van der Waals surface area contributed by atoms with Crippen molar-refractivity contribution in [1.82, 2.24) is 0 Å². The van der Waals surface area contributed by atoms with Crippen LogP contribution in [0, 0.1) is 0 Å². The van der Waals surface area contributed by atoms with E-state index in [0.717, 1.165) is 57.8 Å². The number of esters is 1. The van der Waals surface area contributed by atoms with Crippen molar-refractivity contribution in [2.45, 2.75) is 193 Å². The first-order chi connectivity index (χ1) is 25.7. The van der Waals surface area contributed by atoms with Gasteiger partial charge in [0.1, 0.15) is 12.1 Å². The molecule has 0 aromatic heterocycles. The SMILES string of the molecule is CCCCC/C=C\C/C=C\CCCCCCCCCC(=O)OC(COCCCCCCCC/C=C\CCCCCC)COP(=O)(O)OCC(N)C(=O)O. The summed E-state index contributed by atoms with van der Waals surface area (Å²) in [7, 11) is -4.62. The van der Waals surface area contributed by atoms with Crippen LogP contribution in [-0.2, 0) is 32.7 Å². The molecule has 0 fully saturated rings. The van der Waals surface area contributed by atoms with E-state index in [4.69, 9.17) is 29.4 Å². The van der Waals surface area contributed by atoms with E-state index in [1.54, 1.807) is 0 Å². The number of allylic oxidation sites excluding steroid dienone is 6. The van der Waals surface area contributed by atoms with Gasteiger partial charge in [0.05, 0.1) is 19.8 Å². The number of nitrogens with two attached hydrogens (primary N) is 1. The van der Waals surface area contributed by atoms with Gasteiger partial charge < -0.3 is 25.2 Å². The summed E-state index contributed by atoms with van der Waals surface area (Å²) in [5.74, 6) is -1.79. The number of unbranched alkanes of at least 4 members (excludes halogenated alkanes) is 20. The molecule has 0 aliphatic carbocycles. The third-order valence-corrected chi connectivity index (χ3v) is 9.84. The Morgan fingerprint density at radius 1 is 0.604 bits per heavy atom. The second kappa shape index (κ2) is 38.5. The molecule has 0 rings (SSSR count). The molecule has 53 heavy (non-hydrogen) atoms. The molecule has 0 spiro atoms. The lowest BCUT2D eigenvalue weighted by Gasteiger charge is -2.20. The van der Waals surface area contributed by atoms with Gasteiger partial charge in [-0.1, -0.05) is 140 Å². The highest BCUT2D eigenvalue weighted by Gasteiger charge is 2.27. The number of rotatable bonds is 40. The Balaban J connectivity index is 4.28. The minimum absolute atomic E-state index is 0.0100.